The number of halogens is 2. The maximum atomic E-state index is 13.9. The molecule has 3 heterocycles. The Labute approximate surface area is 215 Å². The van der Waals surface area contributed by atoms with E-state index in [0.29, 0.717) is 35.1 Å². The van der Waals surface area contributed by atoms with E-state index < -0.39 is 5.41 Å². The molecule has 1 aliphatic heterocycles. The molecule has 1 aromatic carbocycles. The van der Waals surface area contributed by atoms with Gasteiger partial charge in [0.2, 0.25) is 5.78 Å². The van der Waals surface area contributed by atoms with E-state index >= 15 is 0 Å². The number of pyridine rings is 1. The van der Waals surface area contributed by atoms with E-state index in [4.69, 9.17) is 17.0 Å². The Hall–Kier alpha value is -2.85. The van der Waals surface area contributed by atoms with Crippen molar-refractivity contribution >= 4 is 52.6 Å². The number of piperidine rings is 1. The van der Waals surface area contributed by atoms with Crippen LogP contribution in [0.15, 0.2) is 82.0 Å². The number of hydrogen-bond acceptors (Lipinski definition) is 8. The molecule has 0 amide bonds. The molecule has 1 aliphatic carbocycles. The van der Waals surface area contributed by atoms with Crippen molar-refractivity contribution in [1.82, 2.24) is 14.3 Å². The van der Waals surface area contributed by atoms with Crippen LogP contribution < -0.4 is 5.32 Å². The molecule has 35 heavy (non-hydrogen) atoms. The van der Waals surface area contributed by atoms with Gasteiger partial charge in [-0.05, 0) is 72.8 Å². The van der Waals surface area contributed by atoms with E-state index in [1.165, 1.54) is 29.7 Å². The maximum Gasteiger partial charge on any atom is 0.203 e. The van der Waals surface area contributed by atoms with Crippen LogP contribution in [0.2, 0.25) is 5.15 Å². The SMILES string of the molecule is N=CC1=C(Nc2ccc(F)cc2)C=C2CCN(Sc3ccc(Cl)nc3)CC2(C(=O)c2nccs2)C1. The largest absolute Gasteiger partial charge is 0.355 e. The number of anilines is 1. The smallest absolute Gasteiger partial charge is 0.203 e. The van der Waals surface area contributed by atoms with Gasteiger partial charge in [-0.2, -0.15) is 0 Å². The predicted molar refractivity (Wildman–Crippen MR) is 139 cm³/mol. The third-order valence-corrected chi connectivity index (χ3v) is 8.16. The van der Waals surface area contributed by atoms with Crippen molar-refractivity contribution in [1.29, 1.82) is 5.41 Å². The van der Waals surface area contributed by atoms with E-state index in [0.717, 1.165) is 28.4 Å². The lowest BCUT2D eigenvalue weighted by Crippen LogP contribution is -2.48. The number of thiazole rings is 1. The lowest BCUT2D eigenvalue weighted by Gasteiger charge is -2.45. The summed E-state index contributed by atoms with van der Waals surface area (Å²) in [5.41, 5.74) is 2.37. The minimum absolute atomic E-state index is 0.0292. The van der Waals surface area contributed by atoms with Gasteiger partial charge in [-0.25, -0.2) is 18.7 Å². The van der Waals surface area contributed by atoms with Gasteiger partial charge >= 0.3 is 0 Å². The van der Waals surface area contributed by atoms with Crippen molar-refractivity contribution in [2.75, 3.05) is 18.4 Å². The number of allylic oxidation sites excluding steroid dienone is 2. The predicted octanol–water partition coefficient (Wildman–Crippen LogP) is 6.26. The van der Waals surface area contributed by atoms with E-state index in [2.05, 4.69) is 19.6 Å². The number of aromatic nitrogens is 2. The molecule has 0 bridgehead atoms. The fourth-order valence-electron chi connectivity index (χ4n) is 4.45. The summed E-state index contributed by atoms with van der Waals surface area (Å²) in [6.07, 6.45) is 7.72. The first-order valence-corrected chi connectivity index (χ1v) is 13.0. The number of benzene rings is 1. The second-order valence-corrected chi connectivity index (χ2v) is 10.8. The molecule has 10 heteroatoms. The fraction of sp³-hybridized carbons (Fsp3) is 0.200. The molecule has 178 valence electrons. The number of fused-ring (bicyclic) bond motifs is 1. The monoisotopic (exact) mass is 525 g/mol. The highest BCUT2D eigenvalue weighted by atomic mass is 35.5. The number of carbonyl (C=O) groups is 1. The van der Waals surface area contributed by atoms with Gasteiger partial charge in [-0.15, -0.1) is 11.3 Å². The van der Waals surface area contributed by atoms with Gasteiger partial charge in [-0.3, -0.25) is 4.79 Å². The molecular weight excluding hydrogens is 505 g/mol. The van der Waals surface area contributed by atoms with E-state index in [-0.39, 0.29) is 11.6 Å². The summed E-state index contributed by atoms with van der Waals surface area (Å²) < 4.78 is 15.5. The lowest BCUT2D eigenvalue weighted by atomic mass is 9.66. The molecule has 0 saturated carbocycles. The first kappa shape index (κ1) is 23.9. The van der Waals surface area contributed by atoms with Gasteiger partial charge in [0, 0.05) is 53.4 Å². The summed E-state index contributed by atoms with van der Waals surface area (Å²) in [5.74, 6) is -0.342. The van der Waals surface area contributed by atoms with Crippen LogP contribution in [0.3, 0.4) is 0 Å². The van der Waals surface area contributed by atoms with Crippen LogP contribution >= 0.6 is 34.9 Å². The second kappa shape index (κ2) is 10.0. The molecule has 1 fully saturated rings. The normalized spacial score (nSPS) is 20.2. The zero-order valence-corrected chi connectivity index (χ0v) is 20.9. The van der Waals surface area contributed by atoms with Crippen molar-refractivity contribution in [3.8, 4) is 0 Å². The minimum Gasteiger partial charge on any atom is -0.355 e. The molecule has 2 aromatic heterocycles. The Kier molecular flexibility index (Phi) is 6.84. The number of nitrogens with one attached hydrogen (secondary N) is 2. The summed E-state index contributed by atoms with van der Waals surface area (Å²) in [6, 6.07) is 9.75. The van der Waals surface area contributed by atoms with E-state index in [1.54, 1.807) is 47.9 Å². The topological polar surface area (TPSA) is 82.0 Å². The van der Waals surface area contributed by atoms with Gasteiger partial charge in [-0.1, -0.05) is 17.2 Å². The number of Topliss-reactive ketones (excluding diaryl/α,β-unsaturated/α-hetero) is 1. The number of hydrogen-bond donors (Lipinski definition) is 2. The molecule has 2 aliphatic rings. The van der Waals surface area contributed by atoms with Crippen LogP contribution in [0.25, 0.3) is 0 Å². The number of nitrogens with zero attached hydrogens (tertiary/aromatic N) is 3. The van der Waals surface area contributed by atoms with Gasteiger partial charge in [0.05, 0.1) is 5.41 Å². The lowest BCUT2D eigenvalue weighted by molar-refractivity contribution is 0.0780. The number of carbonyl (C=O) groups excluding carboxylic acids is 1. The molecule has 1 atom stereocenters. The highest BCUT2D eigenvalue weighted by Gasteiger charge is 2.49. The molecule has 1 unspecified atom stereocenters. The summed E-state index contributed by atoms with van der Waals surface area (Å²) in [7, 11) is 0. The van der Waals surface area contributed by atoms with E-state index in [9.17, 15) is 9.18 Å². The summed E-state index contributed by atoms with van der Waals surface area (Å²) in [4.78, 5) is 23.3. The fourth-order valence-corrected chi connectivity index (χ4v) is 6.23. The van der Waals surface area contributed by atoms with Crippen molar-refractivity contribution in [3.05, 3.63) is 93.1 Å². The van der Waals surface area contributed by atoms with Crippen molar-refractivity contribution in [3.63, 3.8) is 0 Å². The molecule has 3 aromatic rings. The molecule has 1 saturated heterocycles. The standard InChI is InChI=1S/C25H21ClFN5OS2/c26-22-6-5-20(14-30-22)35-32-9-7-17-11-21(31-19-3-1-18(27)2-4-19)16(13-28)12-25(17,15-32)23(33)24-29-8-10-34-24/h1-6,8,10-11,13-14,28,31H,7,9,12,15H2. The van der Waals surface area contributed by atoms with Crippen LogP contribution in [0, 0.1) is 16.6 Å². The van der Waals surface area contributed by atoms with Crippen molar-refractivity contribution in [2.45, 2.75) is 17.7 Å². The highest BCUT2D eigenvalue weighted by molar-refractivity contribution is 7.97. The average molecular weight is 526 g/mol. The zero-order chi connectivity index (χ0) is 24.4. The van der Waals surface area contributed by atoms with Crippen LogP contribution in [0.4, 0.5) is 10.1 Å². The maximum absolute atomic E-state index is 13.9. The van der Waals surface area contributed by atoms with Crippen LogP contribution in [-0.2, 0) is 0 Å². The Morgan fingerprint density at radius 1 is 1.26 bits per heavy atom. The summed E-state index contributed by atoms with van der Waals surface area (Å²) in [5, 5.41) is 14.1. The Morgan fingerprint density at radius 3 is 2.77 bits per heavy atom. The molecule has 6 nitrogen and oxygen atoms in total. The van der Waals surface area contributed by atoms with Gasteiger partial charge in [0.1, 0.15) is 11.0 Å². The quantitative estimate of drug-likeness (QED) is 0.164. The van der Waals surface area contributed by atoms with Gasteiger partial charge < -0.3 is 10.7 Å². The average Bonchev–Trinajstić information content (AvgIpc) is 3.41. The van der Waals surface area contributed by atoms with Crippen LogP contribution in [0.1, 0.15) is 22.6 Å². The Morgan fingerprint density at radius 2 is 2.09 bits per heavy atom. The third-order valence-electron chi connectivity index (χ3n) is 6.14. The first-order valence-electron chi connectivity index (χ1n) is 10.9. The molecule has 2 N–H and O–H groups in total. The van der Waals surface area contributed by atoms with Crippen LogP contribution in [0.5, 0.6) is 0 Å². The van der Waals surface area contributed by atoms with Crippen molar-refractivity contribution < 1.29 is 9.18 Å². The van der Waals surface area contributed by atoms with Crippen molar-refractivity contribution in [2.24, 2.45) is 5.41 Å². The minimum atomic E-state index is -0.830. The van der Waals surface area contributed by atoms with E-state index in [1.807, 2.05) is 12.1 Å². The Balaban J connectivity index is 1.48. The van der Waals surface area contributed by atoms with Gasteiger partial charge in [0.15, 0.2) is 5.01 Å². The summed E-state index contributed by atoms with van der Waals surface area (Å²) >= 11 is 8.82. The molecule has 5 rings (SSSR count). The van der Waals surface area contributed by atoms with Gasteiger partial charge in [0.25, 0.3) is 0 Å². The first-order chi connectivity index (χ1) is 17.0. The Bertz CT molecular complexity index is 1310. The number of ketones is 1. The molecular formula is C25H21ClFN5OS2. The van der Waals surface area contributed by atoms with Crippen LogP contribution in [-0.4, -0.2) is 39.4 Å². The third kappa shape index (κ3) is 4.95. The second-order valence-electron chi connectivity index (χ2n) is 8.33. The summed E-state index contributed by atoms with van der Waals surface area (Å²) in [6.45, 7) is 1.22. The molecule has 0 spiro atoms. The molecule has 0 radical (unpaired) electrons. The highest BCUT2D eigenvalue weighted by Crippen LogP contribution is 2.49. The zero-order valence-electron chi connectivity index (χ0n) is 18.5. The number of rotatable bonds is 7.